The van der Waals surface area contributed by atoms with Crippen molar-refractivity contribution in [1.29, 1.82) is 0 Å². The van der Waals surface area contributed by atoms with E-state index in [4.69, 9.17) is 11.6 Å². The minimum atomic E-state index is -4.66. The number of carbonyl (C=O) groups excluding carboxylic acids is 1. The average molecular weight is 339 g/mol. The standard InChI is InChI=1S/C11H6ClF3N2OS2/c12-9-16-7(11(13,14)15)8(20-9)17-10(18)19-6-4-2-1-3-5-6/h1-5H,(H,17,18). The van der Waals surface area contributed by atoms with Crippen molar-refractivity contribution in [3.8, 4) is 0 Å². The van der Waals surface area contributed by atoms with Gasteiger partial charge in [-0.2, -0.15) is 13.2 Å². The van der Waals surface area contributed by atoms with Crippen molar-refractivity contribution in [1.82, 2.24) is 4.98 Å². The molecule has 3 nitrogen and oxygen atoms in total. The maximum absolute atomic E-state index is 12.7. The highest BCUT2D eigenvalue weighted by Gasteiger charge is 2.38. The molecule has 0 saturated carbocycles. The number of benzene rings is 1. The minimum absolute atomic E-state index is 0.280. The van der Waals surface area contributed by atoms with Crippen molar-refractivity contribution in [2.24, 2.45) is 0 Å². The number of halogens is 4. The molecule has 1 aromatic carbocycles. The highest BCUT2D eigenvalue weighted by atomic mass is 35.5. The van der Waals surface area contributed by atoms with Gasteiger partial charge in [0.15, 0.2) is 10.2 Å². The van der Waals surface area contributed by atoms with Crippen molar-refractivity contribution in [2.45, 2.75) is 11.1 Å². The van der Waals surface area contributed by atoms with E-state index in [-0.39, 0.29) is 4.47 Å². The van der Waals surface area contributed by atoms with Gasteiger partial charge in [-0.1, -0.05) is 41.1 Å². The Hall–Kier alpha value is -1.25. The molecule has 0 bridgehead atoms. The lowest BCUT2D eigenvalue weighted by Gasteiger charge is -2.07. The molecule has 0 radical (unpaired) electrons. The van der Waals surface area contributed by atoms with Crippen LogP contribution in [-0.4, -0.2) is 10.2 Å². The average Bonchev–Trinajstić information content (AvgIpc) is 2.71. The van der Waals surface area contributed by atoms with Gasteiger partial charge in [-0.25, -0.2) is 4.98 Å². The van der Waals surface area contributed by atoms with Gasteiger partial charge in [0.05, 0.1) is 0 Å². The SMILES string of the molecule is O=C(Nc1sc(Cl)nc1C(F)(F)F)Sc1ccccc1. The molecule has 0 aliphatic heterocycles. The largest absolute Gasteiger partial charge is 0.436 e. The summed E-state index contributed by atoms with van der Waals surface area (Å²) in [5.41, 5.74) is -1.19. The van der Waals surface area contributed by atoms with Crippen LogP contribution in [0.15, 0.2) is 35.2 Å². The fraction of sp³-hybridized carbons (Fsp3) is 0.0909. The minimum Gasteiger partial charge on any atom is -0.306 e. The Kier molecular flexibility index (Phi) is 4.56. The van der Waals surface area contributed by atoms with Gasteiger partial charge in [-0.15, -0.1) is 0 Å². The topological polar surface area (TPSA) is 42.0 Å². The molecule has 20 heavy (non-hydrogen) atoms. The molecular weight excluding hydrogens is 333 g/mol. The van der Waals surface area contributed by atoms with Gasteiger partial charge >= 0.3 is 6.18 Å². The number of hydrogen-bond acceptors (Lipinski definition) is 4. The van der Waals surface area contributed by atoms with Crippen LogP contribution >= 0.6 is 34.7 Å². The van der Waals surface area contributed by atoms with Crippen molar-refractivity contribution < 1.29 is 18.0 Å². The normalized spacial score (nSPS) is 11.4. The summed E-state index contributed by atoms with van der Waals surface area (Å²) >= 11 is 6.82. The molecule has 0 fully saturated rings. The third kappa shape index (κ3) is 3.87. The van der Waals surface area contributed by atoms with Crippen LogP contribution in [0, 0.1) is 0 Å². The van der Waals surface area contributed by atoms with E-state index in [1.807, 2.05) is 0 Å². The van der Waals surface area contributed by atoms with E-state index in [2.05, 4.69) is 10.3 Å². The quantitative estimate of drug-likeness (QED) is 0.771. The monoisotopic (exact) mass is 338 g/mol. The summed E-state index contributed by atoms with van der Waals surface area (Å²) in [6, 6.07) is 8.57. The predicted octanol–water partition coefficient (Wildman–Crippen LogP) is 5.14. The number of rotatable bonds is 2. The first-order chi connectivity index (χ1) is 9.36. The number of hydrogen-bond donors (Lipinski definition) is 1. The van der Waals surface area contributed by atoms with Crippen LogP contribution in [0.25, 0.3) is 0 Å². The van der Waals surface area contributed by atoms with Gasteiger partial charge in [0, 0.05) is 4.90 Å². The van der Waals surface area contributed by atoms with E-state index in [1.165, 1.54) is 0 Å². The molecule has 0 aliphatic rings. The molecule has 1 heterocycles. The van der Waals surface area contributed by atoms with Crippen LogP contribution in [0.5, 0.6) is 0 Å². The molecule has 1 aromatic heterocycles. The van der Waals surface area contributed by atoms with Gasteiger partial charge < -0.3 is 5.32 Å². The molecule has 0 aliphatic carbocycles. The molecule has 2 aromatic rings. The van der Waals surface area contributed by atoms with E-state index >= 15 is 0 Å². The molecule has 2 rings (SSSR count). The second-order valence-corrected chi connectivity index (χ2v) is 6.10. The summed E-state index contributed by atoms with van der Waals surface area (Å²) in [6.45, 7) is 0. The lowest BCUT2D eigenvalue weighted by molar-refractivity contribution is -0.140. The molecular formula is C11H6ClF3N2OS2. The maximum Gasteiger partial charge on any atom is 0.436 e. The van der Waals surface area contributed by atoms with Gasteiger partial charge in [0.25, 0.3) is 5.24 Å². The molecule has 0 spiro atoms. The van der Waals surface area contributed by atoms with Crippen molar-refractivity contribution >= 4 is 44.9 Å². The van der Waals surface area contributed by atoms with Crippen LogP contribution in [0.4, 0.5) is 23.0 Å². The van der Waals surface area contributed by atoms with Crippen molar-refractivity contribution in [2.75, 3.05) is 5.32 Å². The van der Waals surface area contributed by atoms with Crippen LogP contribution in [0.1, 0.15) is 5.69 Å². The Bertz CT molecular complexity index is 616. The van der Waals surface area contributed by atoms with Crippen molar-refractivity contribution in [3.63, 3.8) is 0 Å². The zero-order chi connectivity index (χ0) is 14.8. The second kappa shape index (κ2) is 6.02. The predicted molar refractivity (Wildman–Crippen MR) is 73.4 cm³/mol. The summed E-state index contributed by atoms with van der Waals surface area (Å²) in [5, 5.41) is 1.12. The first-order valence-electron chi connectivity index (χ1n) is 5.13. The van der Waals surface area contributed by atoms with Gasteiger partial charge in [0.1, 0.15) is 5.00 Å². The van der Waals surface area contributed by atoms with E-state index in [0.717, 1.165) is 11.8 Å². The molecule has 9 heteroatoms. The molecule has 106 valence electrons. The highest BCUT2D eigenvalue weighted by Crippen LogP contribution is 2.40. The fourth-order valence-electron chi connectivity index (χ4n) is 1.28. The Morgan fingerprint density at radius 1 is 1.30 bits per heavy atom. The van der Waals surface area contributed by atoms with Crippen LogP contribution < -0.4 is 5.32 Å². The molecule has 0 saturated heterocycles. The number of thiazole rings is 1. The lowest BCUT2D eigenvalue weighted by Crippen LogP contribution is -2.12. The smallest absolute Gasteiger partial charge is 0.306 e. The number of aromatic nitrogens is 1. The zero-order valence-corrected chi connectivity index (χ0v) is 12.0. The van der Waals surface area contributed by atoms with Crippen LogP contribution in [0.2, 0.25) is 4.47 Å². The van der Waals surface area contributed by atoms with Crippen LogP contribution in [-0.2, 0) is 6.18 Å². The molecule has 1 amide bonds. The molecule has 0 unspecified atom stereocenters. The van der Waals surface area contributed by atoms with Crippen molar-refractivity contribution in [3.05, 3.63) is 40.5 Å². The summed E-state index contributed by atoms with van der Waals surface area (Å²) < 4.78 is 37.7. The van der Waals surface area contributed by atoms with E-state index in [9.17, 15) is 18.0 Å². The van der Waals surface area contributed by atoms with Gasteiger partial charge in [0.2, 0.25) is 0 Å². The number of nitrogens with one attached hydrogen (secondary N) is 1. The Morgan fingerprint density at radius 3 is 2.55 bits per heavy atom. The third-order valence-corrected chi connectivity index (χ3v) is 3.91. The Morgan fingerprint density at radius 2 is 1.95 bits per heavy atom. The number of amides is 1. The Labute approximate surface area is 125 Å². The number of carbonyl (C=O) groups is 1. The number of thioether (sulfide) groups is 1. The number of alkyl halides is 3. The first-order valence-corrected chi connectivity index (χ1v) is 7.15. The Balaban J connectivity index is 2.12. The molecule has 0 atom stereocenters. The van der Waals surface area contributed by atoms with Gasteiger partial charge in [-0.3, -0.25) is 4.79 Å². The lowest BCUT2D eigenvalue weighted by atomic mass is 10.4. The van der Waals surface area contributed by atoms with E-state index < -0.39 is 22.1 Å². The second-order valence-electron chi connectivity index (χ2n) is 3.47. The number of nitrogens with zero attached hydrogens (tertiary/aromatic N) is 1. The fourth-order valence-corrected chi connectivity index (χ4v) is 3.03. The van der Waals surface area contributed by atoms with E-state index in [1.54, 1.807) is 30.3 Å². The van der Waals surface area contributed by atoms with E-state index in [0.29, 0.717) is 16.2 Å². The van der Waals surface area contributed by atoms with Crippen LogP contribution in [0.3, 0.4) is 0 Å². The summed E-state index contributed by atoms with van der Waals surface area (Å²) in [4.78, 5) is 15.5. The zero-order valence-electron chi connectivity index (χ0n) is 9.57. The summed E-state index contributed by atoms with van der Waals surface area (Å²) in [6.07, 6.45) is -4.66. The van der Waals surface area contributed by atoms with Gasteiger partial charge in [-0.05, 0) is 23.9 Å². The summed E-state index contributed by atoms with van der Waals surface area (Å²) in [5.74, 6) is 0. The number of anilines is 1. The summed E-state index contributed by atoms with van der Waals surface area (Å²) in [7, 11) is 0. The highest BCUT2D eigenvalue weighted by molar-refractivity contribution is 8.14. The maximum atomic E-state index is 12.7. The third-order valence-electron chi connectivity index (χ3n) is 2.04. The first kappa shape index (κ1) is 15.1. The molecule has 1 N–H and O–H groups in total.